The van der Waals surface area contributed by atoms with Crippen LogP contribution in [-0.2, 0) is 9.59 Å². The Bertz CT molecular complexity index is 499. The molecule has 0 aromatic heterocycles. The minimum Gasteiger partial charge on any atom is -0.356 e. The van der Waals surface area contributed by atoms with Gasteiger partial charge in [-0.3, -0.25) is 9.59 Å². The molecule has 0 atom stereocenters. The molecule has 0 rings (SSSR count). The molecule has 0 unspecified atom stereocenters. The predicted octanol–water partition coefficient (Wildman–Crippen LogP) is 8.28. The summed E-state index contributed by atoms with van der Waals surface area (Å²) >= 11 is 0. The highest BCUT2D eigenvalue weighted by molar-refractivity contribution is 5.92. The van der Waals surface area contributed by atoms with Crippen LogP contribution in [0.4, 0.5) is 0 Å². The first-order valence-corrected chi connectivity index (χ1v) is 14.1. The Morgan fingerprint density at radius 1 is 0.600 bits per heavy atom. The maximum atomic E-state index is 11.8. The summed E-state index contributed by atoms with van der Waals surface area (Å²) in [5.74, 6) is 0.0158. The fraction of sp³-hybridized carbons (Fsp3) is 0.742. The quantitative estimate of drug-likeness (QED) is 0.0655. The van der Waals surface area contributed by atoms with Crippen LogP contribution in [0.5, 0.6) is 0 Å². The Morgan fingerprint density at radius 2 is 0.943 bits per heavy atom. The van der Waals surface area contributed by atoms with Gasteiger partial charge in [0.05, 0.1) is 0 Å². The summed E-state index contributed by atoms with van der Waals surface area (Å²) in [4.78, 5) is 23.1. The van der Waals surface area contributed by atoms with Gasteiger partial charge in [0.25, 0.3) is 0 Å². The van der Waals surface area contributed by atoms with E-state index in [2.05, 4.69) is 50.1 Å². The molecule has 0 aliphatic heterocycles. The van der Waals surface area contributed by atoms with Gasteiger partial charge in [-0.15, -0.1) is 26.0 Å². The molecular weight excluding hydrogens is 432 g/mol. The topological polar surface area (TPSA) is 58.2 Å². The van der Waals surface area contributed by atoms with E-state index in [1.54, 1.807) is 6.92 Å². The largest absolute Gasteiger partial charge is 0.356 e. The standard InChI is InChI=1S/C27H52N2O2.C2H4.C2H2/c1-4-5-6-7-8-9-10-11-12-13-14-15-16-17-18-19-20-22-26(30)28-23-21-24-29-27(31)25(2)3;2*1-2/h2,4-24H2,1,3H3,(H,28,30)(H,29,31);1-2H2;1-2H. The molecule has 4 nitrogen and oxygen atoms in total. The van der Waals surface area contributed by atoms with Crippen molar-refractivity contribution in [3.8, 4) is 12.8 Å². The zero-order valence-corrected chi connectivity index (χ0v) is 23.4. The molecule has 2 amide bonds. The van der Waals surface area contributed by atoms with E-state index >= 15 is 0 Å². The van der Waals surface area contributed by atoms with Crippen LogP contribution >= 0.6 is 0 Å². The number of amides is 2. The van der Waals surface area contributed by atoms with Gasteiger partial charge >= 0.3 is 0 Å². The molecule has 0 saturated carbocycles. The van der Waals surface area contributed by atoms with Crippen molar-refractivity contribution in [2.45, 2.75) is 136 Å². The van der Waals surface area contributed by atoms with Crippen LogP contribution in [0.3, 0.4) is 0 Å². The van der Waals surface area contributed by atoms with Crippen LogP contribution < -0.4 is 10.6 Å². The molecule has 0 aliphatic rings. The lowest BCUT2D eigenvalue weighted by atomic mass is 10.0. The molecule has 0 aromatic rings. The third kappa shape index (κ3) is 34.2. The fourth-order valence-electron chi connectivity index (χ4n) is 3.77. The van der Waals surface area contributed by atoms with E-state index in [0.29, 0.717) is 25.1 Å². The van der Waals surface area contributed by atoms with Crippen LogP contribution in [0.25, 0.3) is 0 Å². The third-order valence-corrected chi connectivity index (χ3v) is 5.86. The van der Waals surface area contributed by atoms with Crippen molar-refractivity contribution >= 4 is 11.8 Å². The molecule has 2 N–H and O–H groups in total. The van der Waals surface area contributed by atoms with Gasteiger partial charge in [-0.05, 0) is 19.8 Å². The van der Waals surface area contributed by atoms with Crippen molar-refractivity contribution in [3.63, 3.8) is 0 Å². The lowest BCUT2D eigenvalue weighted by molar-refractivity contribution is -0.121. The second-order valence-electron chi connectivity index (χ2n) is 9.15. The molecule has 0 aliphatic carbocycles. The van der Waals surface area contributed by atoms with Gasteiger partial charge in [-0.1, -0.05) is 116 Å². The molecule has 0 radical (unpaired) electrons. The number of rotatable bonds is 23. The number of carbonyl (C=O) groups is 2. The minimum atomic E-state index is -0.116. The Labute approximate surface area is 219 Å². The molecule has 0 fully saturated rings. The summed E-state index contributed by atoms with van der Waals surface area (Å²) in [7, 11) is 0. The van der Waals surface area contributed by atoms with E-state index in [1.165, 1.54) is 96.3 Å². The van der Waals surface area contributed by atoms with E-state index < -0.39 is 0 Å². The normalized spacial score (nSPS) is 9.71. The summed E-state index contributed by atoms with van der Waals surface area (Å²) in [6.07, 6.45) is 32.4. The van der Waals surface area contributed by atoms with Crippen molar-refractivity contribution in [3.05, 3.63) is 25.3 Å². The number of unbranched alkanes of at least 4 members (excludes halogenated alkanes) is 16. The van der Waals surface area contributed by atoms with Crippen molar-refractivity contribution in [1.29, 1.82) is 0 Å². The summed E-state index contributed by atoms with van der Waals surface area (Å²) in [5, 5.41) is 5.70. The van der Waals surface area contributed by atoms with E-state index in [-0.39, 0.29) is 11.8 Å². The number of hydrogen-bond donors (Lipinski definition) is 2. The van der Waals surface area contributed by atoms with Crippen molar-refractivity contribution in [1.82, 2.24) is 10.6 Å². The Hall–Kier alpha value is -2.02. The molecule has 204 valence electrons. The molecule has 0 aromatic carbocycles. The SMILES string of the molecule is C#C.C=C.C=C(C)C(=O)NCCCNC(=O)CCCCCCCCCCCCCCCCCCC. The van der Waals surface area contributed by atoms with E-state index in [9.17, 15) is 9.59 Å². The summed E-state index contributed by atoms with van der Waals surface area (Å²) in [5.41, 5.74) is 0.517. The van der Waals surface area contributed by atoms with Gasteiger partial charge in [-0.2, -0.15) is 0 Å². The number of carbonyl (C=O) groups excluding carboxylic acids is 2. The summed E-state index contributed by atoms with van der Waals surface area (Å²) in [6, 6.07) is 0. The van der Waals surface area contributed by atoms with E-state index in [1.807, 2.05) is 0 Å². The average Bonchev–Trinajstić information content (AvgIpc) is 2.87. The Kier molecular flexibility index (Phi) is 36.6. The lowest BCUT2D eigenvalue weighted by Gasteiger charge is -2.07. The molecule has 35 heavy (non-hydrogen) atoms. The zero-order valence-electron chi connectivity index (χ0n) is 23.4. The van der Waals surface area contributed by atoms with Gasteiger partial charge in [0, 0.05) is 25.1 Å². The highest BCUT2D eigenvalue weighted by atomic mass is 16.2. The minimum absolute atomic E-state index is 0.116. The fourth-order valence-corrected chi connectivity index (χ4v) is 3.77. The summed E-state index contributed by atoms with van der Waals surface area (Å²) < 4.78 is 0. The maximum absolute atomic E-state index is 11.8. The monoisotopic (exact) mass is 490 g/mol. The predicted molar refractivity (Wildman–Crippen MR) is 155 cm³/mol. The van der Waals surface area contributed by atoms with Gasteiger partial charge in [-0.25, -0.2) is 0 Å². The molecule has 0 saturated heterocycles. The number of hydrogen-bond acceptors (Lipinski definition) is 2. The first-order chi connectivity index (χ1) is 17.1. The van der Waals surface area contributed by atoms with Crippen molar-refractivity contribution in [2.75, 3.05) is 13.1 Å². The van der Waals surface area contributed by atoms with Gasteiger partial charge in [0.15, 0.2) is 0 Å². The van der Waals surface area contributed by atoms with Crippen LogP contribution in [0, 0.1) is 12.8 Å². The van der Waals surface area contributed by atoms with Gasteiger partial charge < -0.3 is 10.6 Å². The highest BCUT2D eigenvalue weighted by Gasteiger charge is 2.02. The van der Waals surface area contributed by atoms with Gasteiger partial charge in [0.1, 0.15) is 0 Å². The van der Waals surface area contributed by atoms with E-state index in [0.717, 1.165) is 19.3 Å². The first kappa shape index (κ1) is 37.5. The van der Waals surface area contributed by atoms with Crippen LogP contribution in [0.2, 0.25) is 0 Å². The Morgan fingerprint density at radius 3 is 1.31 bits per heavy atom. The van der Waals surface area contributed by atoms with Gasteiger partial charge in [0.2, 0.25) is 11.8 Å². The molecule has 0 spiro atoms. The highest BCUT2D eigenvalue weighted by Crippen LogP contribution is 2.14. The molecule has 0 bridgehead atoms. The maximum Gasteiger partial charge on any atom is 0.246 e. The van der Waals surface area contributed by atoms with Crippen LogP contribution in [0.15, 0.2) is 25.3 Å². The third-order valence-electron chi connectivity index (χ3n) is 5.86. The van der Waals surface area contributed by atoms with Crippen LogP contribution in [0.1, 0.15) is 136 Å². The first-order valence-electron chi connectivity index (χ1n) is 14.1. The Balaban J connectivity index is -0.00000242. The molecular formula is C31H58N2O2. The molecule has 4 heteroatoms. The second-order valence-corrected chi connectivity index (χ2v) is 9.15. The number of terminal acetylenes is 1. The van der Waals surface area contributed by atoms with Crippen molar-refractivity contribution in [2.24, 2.45) is 0 Å². The van der Waals surface area contributed by atoms with Crippen molar-refractivity contribution < 1.29 is 9.59 Å². The molecule has 0 heterocycles. The lowest BCUT2D eigenvalue weighted by Crippen LogP contribution is -2.29. The number of nitrogens with one attached hydrogen (secondary N) is 2. The second kappa shape index (κ2) is 34.1. The van der Waals surface area contributed by atoms with E-state index in [4.69, 9.17) is 0 Å². The average molecular weight is 491 g/mol. The zero-order chi connectivity index (χ0) is 27.0. The summed E-state index contributed by atoms with van der Waals surface area (Å²) in [6.45, 7) is 14.8. The van der Waals surface area contributed by atoms with Crippen LogP contribution in [-0.4, -0.2) is 24.9 Å². The smallest absolute Gasteiger partial charge is 0.246 e.